The standard InChI is InChI=1S/C21H17N3O2S/c1-27(26,19-5-3-2-4-6-19)24-21(25)18-11-17(13-22-14-18)16-8-7-15-9-10-23-20(15)12-16/h2-14,23H,1H3. The number of carbonyl (C=O) groups excluding carboxylic acids is 1. The van der Waals surface area contributed by atoms with Crippen LogP contribution < -0.4 is 0 Å². The molecule has 0 saturated carbocycles. The van der Waals surface area contributed by atoms with Gasteiger partial charge in [0.1, 0.15) is 0 Å². The summed E-state index contributed by atoms with van der Waals surface area (Å²) < 4.78 is 16.8. The molecule has 5 nitrogen and oxygen atoms in total. The number of nitrogens with one attached hydrogen (secondary N) is 1. The number of carbonyl (C=O) groups is 1. The number of aromatic amines is 1. The fourth-order valence-electron chi connectivity index (χ4n) is 2.88. The van der Waals surface area contributed by atoms with Crippen molar-refractivity contribution in [2.45, 2.75) is 4.90 Å². The van der Waals surface area contributed by atoms with Crippen LogP contribution in [0.2, 0.25) is 0 Å². The number of hydrogen-bond donors (Lipinski definition) is 1. The van der Waals surface area contributed by atoms with E-state index in [-0.39, 0.29) is 0 Å². The first-order valence-corrected chi connectivity index (χ1v) is 10.3. The second-order valence-electron chi connectivity index (χ2n) is 6.25. The number of fused-ring (bicyclic) bond motifs is 1. The average Bonchev–Trinajstić information content (AvgIpc) is 3.16. The molecule has 4 rings (SSSR count). The summed E-state index contributed by atoms with van der Waals surface area (Å²) in [5.74, 6) is -0.540. The Bertz CT molecular complexity index is 1250. The van der Waals surface area contributed by atoms with E-state index in [9.17, 15) is 9.00 Å². The molecule has 6 heteroatoms. The number of pyridine rings is 1. The number of benzene rings is 2. The molecule has 1 N–H and O–H groups in total. The summed E-state index contributed by atoms with van der Waals surface area (Å²) in [7, 11) is -2.81. The van der Waals surface area contributed by atoms with Crippen LogP contribution in [-0.4, -0.2) is 26.3 Å². The van der Waals surface area contributed by atoms with Crippen LogP contribution in [-0.2, 0) is 9.73 Å². The lowest BCUT2D eigenvalue weighted by Crippen LogP contribution is -2.04. The molecule has 0 aliphatic rings. The molecule has 0 radical (unpaired) electrons. The molecule has 0 fully saturated rings. The Kier molecular flexibility index (Phi) is 4.33. The third-order valence-corrected chi connectivity index (χ3v) is 5.97. The quantitative estimate of drug-likeness (QED) is 0.572. The fraction of sp³-hybridized carbons (Fsp3) is 0.0476. The summed E-state index contributed by atoms with van der Waals surface area (Å²) in [6, 6.07) is 18.5. The van der Waals surface area contributed by atoms with Crippen LogP contribution in [0.25, 0.3) is 22.0 Å². The summed E-state index contributed by atoms with van der Waals surface area (Å²) in [5.41, 5.74) is 3.06. The molecule has 0 spiro atoms. The van der Waals surface area contributed by atoms with Crippen LogP contribution in [0.15, 0.2) is 88.5 Å². The Hall–Kier alpha value is -3.25. The van der Waals surface area contributed by atoms with Crippen LogP contribution in [0.4, 0.5) is 0 Å². The Morgan fingerprint density at radius 1 is 1.00 bits per heavy atom. The maximum atomic E-state index is 12.8. The monoisotopic (exact) mass is 375 g/mol. The highest BCUT2D eigenvalue weighted by Gasteiger charge is 2.12. The minimum absolute atomic E-state index is 0.310. The molecule has 2 aromatic carbocycles. The summed E-state index contributed by atoms with van der Waals surface area (Å²) >= 11 is 0. The second-order valence-corrected chi connectivity index (χ2v) is 8.51. The lowest BCUT2D eigenvalue weighted by Gasteiger charge is -2.05. The summed E-state index contributed by atoms with van der Waals surface area (Å²) in [6.45, 7) is 0. The normalized spacial score (nSPS) is 13.2. The van der Waals surface area contributed by atoms with Gasteiger partial charge in [-0.2, -0.15) is 4.36 Å². The highest BCUT2D eigenvalue weighted by atomic mass is 32.2. The predicted octanol–water partition coefficient (Wildman–Crippen LogP) is 4.53. The Labute approximate surface area is 157 Å². The molecule has 1 unspecified atom stereocenters. The van der Waals surface area contributed by atoms with Crippen molar-refractivity contribution < 1.29 is 9.00 Å². The first-order valence-electron chi connectivity index (χ1n) is 8.37. The molecule has 0 aliphatic heterocycles. The van der Waals surface area contributed by atoms with Gasteiger partial charge < -0.3 is 4.98 Å². The summed E-state index contributed by atoms with van der Waals surface area (Å²) in [4.78, 5) is 20.5. The van der Waals surface area contributed by atoms with Gasteiger partial charge in [0.05, 0.1) is 15.3 Å². The number of amides is 1. The third-order valence-electron chi connectivity index (χ3n) is 4.31. The van der Waals surface area contributed by atoms with Crippen molar-refractivity contribution in [3.63, 3.8) is 0 Å². The minimum atomic E-state index is -2.81. The number of rotatable bonds is 3. The highest BCUT2D eigenvalue weighted by molar-refractivity contribution is 7.93. The van der Waals surface area contributed by atoms with Crippen LogP contribution >= 0.6 is 0 Å². The lowest BCUT2D eigenvalue weighted by atomic mass is 10.0. The van der Waals surface area contributed by atoms with Gasteiger partial charge in [0.15, 0.2) is 0 Å². The molecule has 0 saturated heterocycles. The van der Waals surface area contributed by atoms with Crippen LogP contribution in [0, 0.1) is 0 Å². The molecule has 2 heterocycles. The van der Waals surface area contributed by atoms with E-state index in [1.807, 2.05) is 36.5 Å². The van der Waals surface area contributed by atoms with Crippen LogP contribution in [0.1, 0.15) is 10.4 Å². The third kappa shape index (κ3) is 3.52. The number of aromatic nitrogens is 2. The number of nitrogens with zero attached hydrogens (tertiary/aromatic N) is 2. The first kappa shape index (κ1) is 17.2. The molecule has 27 heavy (non-hydrogen) atoms. The van der Waals surface area contributed by atoms with E-state index in [4.69, 9.17) is 0 Å². The van der Waals surface area contributed by atoms with Gasteiger partial charge in [-0.3, -0.25) is 9.78 Å². The van der Waals surface area contributed by atoms with E-state index in [1.54, 1.807) is 36.5 Å². The van der Waals surface area contributed by atoms with Crippen molar-refractivity contribution in [3.05, 3.63) is 84.8 Å². The smallest absolute Gasteiger partial charge is 0.286 e. The fourth-order valence-corrected chi connectivity index (χ4v) is 4.07. The average molecular weight is 375 g/mol. The lowest BCUT2D eigenvalue weighted by molar-refractivity contribution is 0.100. The van der Waals surface area contributed by atoms with Crippen LogP contribution in [0.5, 0.6) is 0 Å². The van der Waals surface area contributed by atoms with Gasteiger partial charge in [0, 0.05) is 40.8 Å². The van der Waals surface area contributed by atoms with E-state index < -0.39 is 15.6 Å². The number of hydrogen-bond acceptors (Lipinski definition) is 3. The van der Waals surface area contributed by atoms with Gasteiger partial charge >= 0.3 is 0 Å². The molecule has 0 bridgehead atoms. The van der Waals surface area contributed by atoms with E-state index >= 15 is 0 Å². The van der Waals surface area contributed by atoms with Crippen LogP contribution in [0.3, 0.4) is 0 Å². The van der Waals surface area contributed by atoms with Crippen molar-refractivity contribution in [2.75, 3.05) is 6.26 Å². The Morgan fingerprint density at radius 2 is 1.81 bits per heavy atom. The van der Waals surface area contributed by atoms with Crippen molar-refractivity contribution in [1.82, 2.24) is 9.97 Å². The largest absolute Gasteiger partial charge is 0.361 e. The van der Waals surface area contributed by atoms with Gasteiger partial charge in [0.2, 0.25) is 0 Å². The topological polar surface area (TPSA) is 75.2 Å². The van der Waals surface area contributed by atoms with E-state index in [1.165, 1.54) is 12.5 Å². The zero-order valence-corrected chi connectivity index (χ0v) is 15.4. The molecule has 0 aliphatic carbocycles. The van der Waals surface area contributed by atoms with Gasteiger partial charge in [-0.1, -0.05) is 30.3 Å². The Balaban J connectivity index is 1.71. The van der Waals surface area contributed by atoms with Gasteiger partial charge in [0.25, 0.3) is 5.91 Å². The predicted molar refractivity (Wildman–Crippen MR) is 107 cm³/mol. The molecule has 2 aromatic heterocycles. The van der Waals surface area contributed by atoms with Crippen molar-refractivity contribution in [1.29, 1.82) is 0 Å². The summed E-state index contributed by atoms with van der Waals surface area (Å²) in [6.07, 6.45) is 6.49. The van der Waals surface area contributed by atoms with Crippen molar-refractivity contribution in [3.8, 4) is 11.1 Å². The van der Waals surface area contributed by atoms with E-state index in [2.05, 4.69) is 14.3 Å². The second kappa shape index (κ2) is 6.81. The zero-order chi connectivity index (χ0) is 18.9. The van der Waals surface area contributed by atoms with Crippen molar-refractivity contribution in [2.24, 2.45) is 4.36 Å². The molecule has 134 valence electrons. The summed E-state index contributed by atoms with van der Waals surface area (Å²) in [5, 5.41) is 1.11. The van der Waals surface area contributed by atoms with Crippen molar-refractivity contribution >= 4 is 26.5 Å². The highest BCUT2D eigenvalue weighted by Crippen LogP contribution is 2.24. The molecule has 4 aromatic rings. The van der Waals surface area contributed by atoms with E-state index in [0.29, 0.717) is 10.5 Å². The molecule has 1 atom stereocenters. The number of H-pyrrole nitrogens is 1. The zero-order valence-electron chi connectivity index (χ0n) is 14.6. The minimum Gasteiger partial charge on any atom is -0.361 e. The Morgan fingerprint density at radius 3 is 2.63 bits per heavy atom. The maximum absolute atomic E-state index is 12.8. The molecule has 1 amide bonds. The van der Waals surface area contributed by atoms with Gasteiger partial charge in [-0.25, -0.2) is 4.21 Å². The van der Waals surface area contributed by atoms with E-state index in [0.717, 1.165) is 22.0 Å². The van der Waals surface area contributed by atoms with Gasteiger partial charge in [-0.15, -0.1) is 0 Å². The SMILES string of the molecule is CS(=O)(=NC(=O)c1cncc(-c2ccc3cc[nH]c3c2)c1)c1ccccc1. The molecular weight excluding hydrogens is 358 g/mol. The first-order chi connectivity index (χ1) is 13.0. The van der Waals surface area contributed by atoms with Gasteiger partial charge in [-0.05, 0) is 41.3 Å². The molecular formula is C21H17N3O2S. The maximum Gasteiger partial charge on any atom is 0.286 e.